The second kappa shape index (κ2) is 6.74. The lowest BCUT2D eigenvalue weighted by Gasteiger charge is -2.09. The third kappa shape index (κ3) is 4.16. The Kier molecular flexibility index (Phi) is 5.30. The van der Waals surface area contributed by atoms with Gasteiger partial charge in [0.05, 0.1) is 5.56 Å². The fourth-order valence-electron chi connectivity index (χ4n) is 1.31. The Bertz CT molecular complexity index is 433. The first-order valence-corrected chi connectivity index (χ1v) is 5.83. The Balaban J connectivity index is 2.35. The molecule has 0 aliphatic carbocycles. The summed E-state index contributed by atoms with van der Waals surface area (Å²) in [5.74, 6) is -1.20. The average Bonchev–Trinajstić information content (AvgIpc) is 2.34. The number of halogens is 1. The van der Waals surface area contributed by atoms with Gasteiger partial charge < -0.3 is 10.6 Å². The minimum atomic E-state index is -0.554. The lowest BCUT2D eigenvalue weighted by atomic mass is 10.2. The van der Waals surface area contributed by atoms with Gasteiger partial charge in [0, 0.05) is 19.0 Å². The summed E-state index contributed by atoms with van der Waals surface area (Å²) in [4.78, 5) is 22.8. The standard InChI is InChI=1S/C13H17FN2O2/c1-9(2)12(17)15-7-8-16-13(18)10-5-3-4-6-11(10)14/h3-6,9H,7-8H2,1-2H3,(H,15,17)(H,16,18). The monoisotopic (exact) mass is 252 g/mol. The Hall–Kier alpha value is -1.91. The predicted molar refractivity (Wildman–Crippen MR) is 66.6 cm³/mol. The van der Waals surface area contributed by atoms with Crippen molar-refractivity contribution in [3.05, 3.63) is 35.6 Å². The maximum atomic E-state index is 13.3. The lowest BCUT2D eigenvalue weighted by Crippen LogP contribution is -2.36. The molecule has 0 saturated carbocycles. The molecule has 2 N–H and O–H groups in total. The molecule has 0 heterocycles. The first-order valence-electron chi connectivity index (χ1n) is 5.83. The lowest BCUT2D eigenvalue weighted by molar-refractivity contribution is -0.123. The van der Waals surface area contributed by atoms with Crippen molar-refractivity contribution in [1.82, 2.24) is 10.6 Å². The van der Waals surface area contributed by atoms with Gasteiger partial charge in [-0.3, -0.25) is 9.59 Å². The van der Waals surface area contributed by atoms with Crippen LogP contribution in [0.5, 0.6) is 0 Å². The van der Waals surface area contributed by atoms with Crippen molar-refractivity contribution in [3.8, 4) is 0 Å². The summed E-state index contributed by atoms with van der Waals surface area (Å²) in [5.41, 5.74) is 0.00712. The average molecular weight is 252 g/mol. The van der Waals surface area contributed by atoms with Crippen LogP contribution in [-0.2, 0) is 4.79 Å². The predicted octanol–water partition coefficient (Wildman–Crippen LogP) is 1.33. The SMILES string of the molecule is CC(C)C(=O)NCCNC(=O)c1ccccc1F. The van der Waals surface area contributed by atoms with Crippen LogP contribution < -0.4 is 10.6 Å². The number of hydrogen-bond donors (Lipinski definition) is 2. The molecule has 1 aromatic carbocycles. The van der Waals surface area contributed by atoms with Gasteiger partial charge in [0.25, 0.3) is 5.91 Å². The molecule has 1 aromatic rings. The maximum Gasteiger partial charge on any atom is 0.254 e. The number of carbonyl (C=O) groups excluding carboxylic acids is 2. The number of benzene rings is 1. The van der Waals surface area contributed by atoms with Crippen molar-refractivity contribution in [1.29, 1.82) is 0 Å². The Morgan fingerprint density at radius 2 is 1.78 bits per heavy atom. The summed E-state index contributed by atoms with van der Waals surface area (Å²) < 4.78 is 13.3. The molecule has 18 heavy (non-hydrogen) atoms. The first kappa shape index (κ1) is 14.2. The molecule has 0 bridgehead atoms. The van der Waals surface area contributed by atoms with E-state index in [0.29, 0.717) is 6.54 Å². The zero-order valence-electron chi connectivity index (χ0n) is 10.5. The van der Waals surface area contributed by atoms with E-state index in [0.717, 1.165) is 0 Å². The minimum absolute atomic E-state index is 0.00712. The van der Waals surface area contributed by atoms with Gasteiger partial charge in [0.2, 0.25) is 5.91 Å². The molecule has 0 aromatic heterocycles. The van der Waals surface area contributed by atoms with Crippen molar-refractivity contribution < 1.29 is 14.0 Å². The quantitative estimate of drug-likeness (QED) is 0.777. The van der Waals surface area contributed by atoms with Crippen LogP contribution in [0.2, 0.25) is 0 Å². The second-order valence-corrected chi connectivity index (χ2v) is 4.18. The second-order valence-electron chi connectivity index (χ2n) is 4.18. The van der Waals surface area contributed by atoms with E-state index in [2.05, 4.69) is 10.6 Å². The van der Waals surface area contributed by atoms with Crippen LogP contribution in [0.1, 0.15) is 24.2 Å². The van der Waals surface area contributed by atoms with Crippen molar-refractivity contribution in [2.45, 2.75) is 13.8 Å². The Morgan fingerprint density at radius 3 is 2.39 bits per heavy atom. The smallest absolute Gasteiger partial charge is 0.254 e. The number of hydrogen-bond acceptors (Lipinski definition) is 2. The van der Waals surface area contributed by atoms with E-state index in [4.69, 9.17) is 0 Å². The van der Waals surface area contributed by atoms with Gasteiger partial charge in [-0.2, -0.15) is 0 Å². The summed E-state index contributed by atoms with van der Waals surface area (Å²) >= 11 is 0. The van der Waals surface area contributed by atoms with E-state index >= 15 is 0 Å². The molecule has 0 saturated heterocycles. The molecule has 0 aliphatic heterocycles. The van der Waals surface area contributed by atoms with Crippen LogP contribution in [0.3, 0.4) is 0 Å². The molecule has 0 aliphatic rings. The largest absolute Gasteiger partial charge is 0.354 e. The summed E-state index contributed by atoms with van der Waals surface area (Å²) in [6.45, 7) is 4.17. The van der Waals surface area contributed by atoms with E-state index in [1.54, 1.807) is 19.9 Å². The highest BCUT2D eigenvalue weighted by Crippen LogP contribution is 2.05. The van der Waals surface area contributed by atoms with Crippen LogP contribution >= 0.6 is 0 Å². The summed E-state index contributed by atoms with van der Waals surface area (Å²) in [5, 5.41) is 5.20. The highest BCUT2D eigenvalue weighted by Gasteiger charge is 2.10. The number of amides is 2. The molecule has 1 rings (SSSR count). The summed E-state index contributed by atoms with van der Waals surface area (Å²) in [6.07, 6.45) is 0. The Labute approximate surface area is 106 Å². The molecule has 0 atom stereocenters. The summed E-state index contributed by atoms with van der Waals surface area (Å²) in [7, 11) is 0. The van der Waals surface area contributed by atoms with Crippen LogP contribution in [0, 0.1) is 11.7 Å². The molecular formula is C13H17FN2O2. The van der Waals surface area contributed by atoms with Crippen molar-refractivity contribution >= 4 is 11.8 Å². The highest BCUT2D eigenvalue weighted by atomic mass is 19.1. The van der Waals surface area contributed by atoms with Gasteiger partial charge in [-0.15, -0.1) is 0 Å². The van der Waals surface area contributed by atoms with Gasteiger partial charge in [0.15, 0.2) is 0 Å². The van der Waals surface area contributed by atoms with E-state index in [1.807, 2.05) is 0 Å². The minimum Gasteiger partial charge on any atom is -0.354 e. The van der Waals surface area contributed by atoms with E-state index in [-0.39, 0.29) is 23.9 Å². The number of nitrogens with one attached hydrogen (secondary N) is 2. The molecule has 2 amide bonds. The fourth-order valence-corrected chi connectivity index (χ4v) is 1.31. The third-order valence-electron chi connectivity index (χ3n) is 2.35. The highest BCUT2D eigenvalue weighted by molar-refractivity contribution is 5.94. The maximum absolute atomic E-state index is 13.3. The van der Waals surface area contributed by atoms with E-state index < -0.39 is 11.7 Å². The van der Waals surface area contributed by atoms with Crippen molar-refractivity contribution in [2.24, 2.45) is 5.92 Å². The van der Waals surface area contributed by atoms with Crippen LogP contribution in [-0.4, -0.2) is 24.9 Å². The van der Waals surface area contributed by atoms with Gasteiger partial charge >= 0.3 is 0 Å². The van der Waals surface area contributed by atoms with Gasteiger partial charge in [-0.1, -0.05) is 26.0 Å². The first-order chi connectivity index (χ1) is 8.52. The van der Waals surface area contributed by atoms with Crippen molar-refractivity contribution in [2.75, 3.05) is 13.1 Å². The fraction of sp³-hybridized carbons (Fsp3) is 0.385. The molecule has 0 unspecified atom stereocenters. The molecule has 0 fully saturated rings. The van der Waals surface area contributed by atoms with Gasteiger partial charge in [0.1, 0.15) is 5.82 Å². The van der Waals surface area contributed by atoms with Crippen LogP contribution in [0.25, 0.3) is 0 Å². The normalized spacial score (nSPS) is 10.2. The molecule has 5 heteroatoms. The van der Waals surface area contributed by atoms with Gasteiger partial charge in [-0.25, -0.2) is 4.39 Å². The van der Waals surface area contributed by atoms with Gasteiger partial charge in [-0.05, 0) is 12.1 Å². The number of carbonyl (C=O) groups is 2. The zero-order valence-corrected chi connectivity index (χ0v) is 10.5. The zero-order chi connectivity index (χ0) is 13.5. The van der Waals surface area contributed by atoms with Crippen LogP contribution in [0.15, 0.2) is 24.3 Å². The molecule has 0 radical (unpaired) electrons. The van der Waals surface area contributed by atoms with Crippen molar-refractivity contribution in [3.63, 3.8) is 0 Å². The third-order valence-corrected chi connectivity index (χ3v) is 2.35. The molecule has 0 spiro atoms. The summed E-state index contributed by atoms with van der Waals surface area (Å²) in [6, 6.07) is 5.76. The molecular weight excluding hydrogens is 235 g/mol. The number of rotatable bonds is 5. The molecule has 98 valence electrons. The molecule has 4 nitrogen and oxygen atoms in total. The Morgan fingerprint density at radius 1 is 1.17 bits per heavy atom. The van der Waals surface area contributed by atoms with E-state index in [9.17, 15) is 14.0 Å². The topological polar surface area (TPSA) is 58.2 Å². The van der Waals surface area contributed by atoms with Crippen LogP contribution in [0.4, 0.5) is 4.39 Å². The van der Waals surface area contributed by atoms with E-state index in [1.165, 1.54) is 18.2 Å².